The summed E-state index contributed by atoms with van der Waals surface area (Å²) in [5.41, 5.74) is 1.02. The van der Waals surface area contributed by atoms with Crippen molar-refractivity contribution in [2.75, 3.05) is 0 Å². The number of nitrogens with zero attached hydrogens (tertiary/aromatic N) is 2. The first-order chi connectivity index (χ1) is 5.47. The Labute approximate surface area is 70.9 Å². The van der Waals surface area contributed by atoms with Crippen molar-refractivity contribution < 1.29 is 0 Å². The topological polar surface area (TPSA) is 25.8 Å². The quantitative estimate of drug-likeness (QED) is 0.598. The first-order valence-electron chi connectivity index (χ1n) is 3.30. The zero-order chi connectivity index (χ0) is 7.52. The molecule has 54 valence electrons. The van der Waals surface area contributed by atoms with E-state index in [-0.39, 0.29) is 14.7 Å². The zero-order valence-electron chi connectivity index (χ0n) is 5.77. The first-order valence-corrected chi connectivity index (χ1v) is 4.93. The molecule has 2 rings (SSSR count). The zero-order valence-corrected chi connectivity index (χ0v) is 7.48. The fraction of sp³-hybridized carbons (Fsp3) is 0. The molecule has 0 atom stereocenters. The molecule has 1 aliphatic carbocycles. The predicted molar refractivity (Wildman–Crippen MR) is 46.2 cm³/mol. The molecule has 0 N–H and O–H groups in total. The van der Waals surface area contributed by atoms with Gasteiger partial charge in [-0.05, 0) is 0 Å². The third kappa shape index (κ3) is 1.39. The summed E-state index contributed by atoms with van der Waals surface area (Å²) < 4.78 is 5.26. The van der Waals surface area contributed by atoms with Crippen molar-refractivity contribution in [2.45, 2.75) is 0 Å². The average Bonchev–Trinajstić information content (AvgIpc) is 2.35. The van der Waals surface area contributed by atoms with Gasteiger partial charge in [0.1, 0.15) is 0 Å². The number of hydrogen-bond acceptors (Lipinski definition) is 2. The Kier molecular flexibility index (Phi) is 1.84. The maximum absolute atomic E-state index is 4.02. The molecule has 11 heavy (non-hydrogen) atoms. The van der Waals surface area contributed by atoms with Crippen molar-refractivity contribution in [1.82, 2.24) is 9.19 Å². The van der Waals surface area contributed by atoms with E-state index in [1.165, 1.54) is 4.44 Å². The summed E-state index contributed by atoms with van der Waals surface area (Å²) in [4.78, 5) is 0. The van der Waals surface area contributed by atoms with Crippen molar-refractivity contribution in [3.8, 4) is 0 Å². The van der Waals surface area contributed by atoms with E-state index < -0.39 is 0 Å². The molecule has 1 aromatic rings. The van der Waals surface area contributed by atoms with E-state index in [4.69, 9.17) is 0 Å². The molecule has 2 nitrogen and oxygen atoms in total. The van der Waals surface area contributed by atoms with Crippen LogP contribution in [0.5, 0.6) is 0 Å². The Hall–Kier alpha value is -0.921. The van der Waals surface area contributed by atoms with Crippen LogP contribution in [0, 0.1) is 0 Å². The van der Waals surface area contributed by atoms with Crippen LogP contribution in [0.2, 0.25) is 0 Å². The molecule has 0 aromatic carbocycles. The molecule has 0 spiro atoms. The van der Waals surface area contributed by atoms with Crippen molar-refractivity contribution >= 4 is 26.9 Å². The van der Waals surface area contributed by atoms with Crippen molar-refractivity contribution in [1.29, 1.82) is 0 Å². The number of allylic oxidation sites excluding steroid dienone is 4. The van der Waals surface area contributed by atoms with Crippen LogP contribution in [-0.4, -0.2) is 23.9 Å². The van der Waals surface area contributed by atoms with Gasteiger partial charge in [0.05, 0.1) is 0 Å². The van der Waals surface area contributed by atoms with Gasteiger partial charge in [-0.3, -0.25) is 0 Å². The second kappa shape index (κ2) is 2.99. The van der Waals surface area contributed by atoms with Crippen molar-refractivity contribution in [3.63, 3.8) is 0 Å². The van der Waals surface area contributed by atoms with Gasteiger partial charge >= 0.3 is 70.5 Å². The van der Waals surface area contributed by atoms with Gasteiger partial charge in [-0.1, -0.05) is 0 Å². The molecule has 0 bridgehead atoms. The summed E-state index contributed by atoms with van der Waals surface area (Å²) in [5, 5.41) is 4.02. The van der Waals surface area contributed by atoms with E-state index >= 15 is 0 Å². The summed E-state index contributed by atoms with van der Waals surface area (Å²) in [6.45, 7) is 0. The van der Waals surface area contributed by atoms with Crippen LogP contribution >= 0.6 is 0 Å². The van der Waals surface area contributed by atoms with Crippen LogP contribution in [0.15, 0.2) is 24.3 Å². The van der Waals surface area contributed by atoms with E-state index in [0.29, 0.717) is 0 Å². The van der Waals surface area contributed by atoms with Gasteiger partial charge in [-0.2, -0.15) is 0 Å². The van der Waals surface area contributed by atoms with Gasteiger partial charge in [0, 0.05) is 0 Å². The molecule has 0 unspecified atom stereocenters. The maximum atomic E-state index is 4.02. The minimum absolute atomic E-state index is 0.210. The fourth-order valence-electron chi connectivity index (χ4n) is 0.854. The van der Waals surface area contributed by atoms with Crippen LogP contribution in [0.25, 0.3) is 12.2 Å². The van der Waals surface area contributed by atoms with Crippen LogP contribution in [0.3, 0.4) is 0 Å². The third-order valence-corrected chi connectivity index (χ3v) is 2.85. The Balaban J connectivity index is 2.52. The molecule has 1 aliphatic rings. The first kappa shape index (κ1) is 6.77. The molecule has 0 saturated heterocycles. The number of fused-ring (bicyclic) bond motifs is 1. The third-order valence-electron chi connectivity index (χ3n) is 1.38. The Morgan fingerprint density at radius 3 is 2.73 bits per heavy atom. The predicted octanol–water partition coefficient (Wildman–Crippen LogP) is 1.13. The van der Waals surface area contributed by atoms with E-state index in [1.54, 1.807) is 0 Å². The van der Waals surface area contributed by atoms with Crippen LogP contribution in [0.4, 0.5) is 0 Å². The van der Waals surface area contributed by atoms with E-state index in [9.17, 15) is 0 Å². The second-order valence-corrected chi connectivity index (χ2v) is 3.77. The summed E-state index contributed by atoms with van der Waals surface area (Å²) in [6, 6.07) is 0. The molecule has 0 saturated carbocycles. The summed E-state index contributed by atoms with van der Waals surface area (Å²) in [5.74, 6) is 0. The average molecular weight is 209 g/mol. The number of aromatic nitrogens is 2. The Bertz CT molecular complexity index is 303. The van der Waals surface area contributed by atoms with Gasteiger partial charge in [-0.25, -0.2) is 0 Å². The van der Waals surface area contributed by atoms with Gasteiger partial charge in [0.15, 0.2) is 0 Å². The summed E-state index contributed by atoms with van der Waals surface area (Å²) >= 11 is 0.210. The molecular formula is C8H6N2Se. The normalized spacial score (nSPS) is 22.9. The van der Waals surface area contributed by atoms with E-state index in [0.717, 1.165) is 5.69 Å². The van der Waals surface area contributed by atoms with E-state index in [2.05, 4.69) is 15.3 Å². The molecule has 0 amide bonds. The van der Waals surface area contributed by atoms with Gasteiger partial charge in [0.2, 0.25) is 0 Å². The fourth-order valence-corrected chi connectivity index (χ4v) is 2.03. The van der Waals surface area contributed by atoms with Crippen LogP contribution < -0.4 is 0 Å². The van der Waals surface area contributed by atoms with Gasteiger partial charge < -0.3 is 0 Å². The SMILES string of the molecule is C1=C\C=C/c2[se]nnc2\C=C/1. The minimum atomic E-state index is 0.210. The standard InChI is InChI=1S/C8H6N2Se/c1-2-4-6-8-7(5-3-1)9-10-11-8/h1-6H/b2-1-,3-1?,4-2?,5-3-,6-4-,7-5?,8-6?. The molecule has 3 heteroatoms. The molecular weight excluding hydrogens is 203 g/mol. The Morgan fingerprint density at radius 1 is 1.00 bits per heavy atom. The summed E-state index contributed by atoms with van der Waals surface area (Å²) in [7, 11) is 0. The monoisotopic (exact) mass is 210 g/mol. The Morgan fingerprint density at radius 2 is 1.82 bits per heavy atom. The van der Waals surface area contributed by atoms with Crippen LogP contribution in [-0.2, 0) is 0 Å². The van der Waals surface area contributed by atoms with Crippen molar-refractivity contribution in [2.24, 2.45) is 0 Å². The van der Waals surface area contributed by atoms with E-state index in [1.807, 2.05) is 30.4 Å². The number of hydrogen-bond donors (Lipinski definition) is 0. The second-order valence-electron chi connectivity index (χ2n) is 2.13. The molecule has 0 fully saturated rings. The van der Waals surface area contributed by atoms with Gasteiger partial charge in [0.25, 0.3) is 0 Å². The van der Waals surface area contributed by atoms with Crippen molar-refractivity contribution in [3.05, 3.63) is 34.4 Å². The van der Waals surface area contributed by atoms with Gasteiger partial charge in [-0.15, -0.1) is 0 Å². The number of rotatable bonds is 0. The molecule has 1 heterocycles. The summed E-state index contributed by atoms with van der Waals surface area (Å²) in [6.07, 6.45) is 12.1. The molecule has 0 aliphatic heterocycles. The molecule has 1 aromatic heterocycles. The molecule has 0 radical (unpaired) electrons. The van der Waals surface area contributed by atoms with Crippen LogP contribution in [0.1, 0.15) is 10.1 Å².